The molecule has 98 valence electrons. The van der Waals surface area contributed by atoms with E-state index in [1.54, 1.807) is 0 Å². The Balaban J connectivity index is 1.69. The lowest BCUT2D eigenvalue weighted by Crippen LogP contribution is -2.39. The summed E-state index contributed by atoms with van der Waals surface area (Å²) >= 11 is 0. The largest absolute Gasteiger partial charge is 0.375 e. The Kier molecular flexibility index (Phi) is 4.80. The molecule has 0 unspecified atom stereocenters. The van der Waals surface area contributed by atoms with Crippen LogP contribution in [0.5, 0.6) is 0 Å². The van der Waals surface area contributed by atoms with Crippen molar-refractivity contribution in [3.05, 3.63) is 0 Å². The first-order valence-electron chi connectivity index (χ1n) is 6.95. The van der Waals surface area contributed by atoms with Crippen LogP contribution in [0.4, 0.5) is 0 Å². The zero-order chi connectivity index (χ0) is 12.1. The van der Waals surface area contributed by atoms with Crippen LogP contribution >= 0.6 is 0 Å². The lowest BCUT2D eigenvalue weighted by Gasteiger charge is -2.32. The maximum Gasteiger partial charge on any atom is 0.236 e. The summed E-state index contributed by atoms with van der Waals surface area (Å²) in [4.78, 5) is 11.4. The Bertz CT molecular complexity index is 244. The molecule has 0 atom stereocenters. The molecular weight excluding hydrogens is 216 g/mol. The van der Waals surface area contributed by atoms with Crippen LogP contribution < -0.4 is 11.3 Å². The molecule has 4 nitrogen and oxygen atoms in total. The summed E-state index contributed by atoms with van der Waals surface area (Å²) in [5, 5.41) is 0. The second kappa shape index (κ2) is 6.36. The van der Waals surface area contributed by atoms with Crippen molar-refractivity contribution in [1.29, 1.82) is 0 Å². The van der Waals surface area contributed by atoms with Crippen molar-refractivity contribution in [1.82, 2.24) is 5.43 Å². The molecule has 4 heteroatoms. The SMILES string of the molecule is NNC(=O)[C@H]1CC[C@@H](OC2CCCCC2)CC1. The van der Waals surface area contributed by atoms with E-state index in [0.29, 0.717) is 12.2 Å². The van der Waals surface area contributed by atoms with Gasteiger partial charge in [-0.25, -0.2) is 5.84 Å². The Hall–Kier alpha value is -0.610. The van der Waals surface area contributed by atoms with Crippen molar-refractivity contribution < 1.29 is 9.53 Å². The van der Waals surface area contributed by atoms with Gasteiger partial charge in [-0.2, -0.15) is 0 Å². The Labute approximate surface area is 103 Å². The number of carbonyl (C=O) groups is 1. The van der Waals surface area contributed by atoms with Crippen molar-refractivity contribution in [2.24, 2.45) is 11.8 Å². The lowest BCUT2D eigenvalue weighted by molar-refractivity contribution is -0.127. The summed E-state index contributed by atoms with van der Waals surface area (Å²) in [5.74, 6) is 5.25. The van der Waals surface area contributed by atoms with E-state index < -0.39 is 0 Å². The molecule has 17 heavy (non-hydrogen) atoms. The van der Waals surface area contributed by atoms with Gasteiger partial charge in [-0.15, -0.1) is 0 Å². The first kappa shape index (κ1) is 12.8. The summed E-state index contributed by atoms with van der Waals surface area (Å²) in [6.07, 6.45) is 11.2. The normalized spacial score (nSPS) is 31.1. The molecule has 1 amide bonds. The van der Waals surface area contributed by atoms with Gasteiger partial charge in [-0.3, -0.25) is 10.2 Å². The Morgan fingerprint density at radius 2 is 1.53 bits per heavy atom. The molecule has 0 spiro atoms. The van der Waals surface area contributed by atoms with Gasteiger partial charge in [-0.1, -0.05) is 19.3 Å². The standard InChI is InChI=1S/C13H24N2O2/c14-15-13(16)10-6-8-12(9-7-10)17-11-4-2-1-3-5-11/h10-12H,1-9,14H2,(H,15,16)/t10-,12+. The maximum absolute atomic E-state index is 11.4. The van der Waals surface area contributed by atoms with Crippen LogP contribution in [0.3, 0.4) is 0 Å². The summed E-state index contributed by atoms with van der Waals surface area (Å²) in [5.41, 5.74) is 2.25. The molecule has 0 radical (unpaired) electrons. The average molecular weight is 240 g/mol. The molecule has 2 saturated carbocycles. The fourth-order valence-corrected chi connectivity index (χ4v) is 3.05. The predicted molar refractivity (Wildman–Crippen MR) is 66.0 cm³/mol. The van der Waals surface area contributed by atoms with Crippen LogP contribution in [0.2, 0.25) is 0 Å². The van der Waals surface area contributed by atoms with Crippen LogP contribution in [0, 0.1) is 5.92 Å². The maximum atomic E-state index is 11.4. The third kappa shape index (κ3) is 3.68. The number of hydrazine groups is 1. The smallest absolute Gasteiger partial charge is 0.236 e. The van der Waals surface area contributed by atoms with Gasteiger partial charge in [-0.05, 0) is 38.5 Å². The highest BCUT2D eigenvalue weighted by Crippen LogP contribution is 2.30. The minimum atomic E-state index is -0.0129. The fourth-order valence-electron chi connectivity index (χ4n) is 3.05. The third-order valence-electron chi connectivity index (χ3n) is 4.12. The average Bonchev–Trinajstić information content (AvgIpc) is 2.40. The second-order valence-electron chi connectivity index (χ2n) is 5.38. The molecule has 0 aromatic heterocycles. The van der Waals surface area contributed by atoms with Crippen LogP contribution in [-0.2, 0) is 9.53 Å². The number of carbonyl (C=O) groups excluding carboxylic acids is 1. The number of amides is 1. The number of hydrogen-bond donors (Lipinski definition) is 2. The van der Waals surface area contributed by atoms with E-state index in [4.69, 9.17) is 10.6 Å². The molecule has 0 aliphatic heterocycles. The van der Waals surface area contributed by atoms with E-state index in [9.17, 15) is 4.79 Å². The minimum Gasteiger partial charge on any atom is -0.375 e. The first-order chi connectivity index (χ1) is 8.29. The number of nitrogens with two attached hydrogens (primary N) is 1. The number of nitrogens with one attached hydrogen (secondary N) is 1. The highest BCUT2D eigenvalue weighted by atomic mass is 16.5. The van der Waals surface area contributed by atoms with Crippen molar-refractivity contribution >= 4 is 5.91 Å². The minimum absolute atomic E-state index is 0.0129. The van der Waals surface area contributed by atoms with Crippen molar-refractivity contribution in [3.63, 3.8) is 0 Å². The van der Waals surface area contributed by atoms with Gasteiger partial charge >= 0.3 is 0 Å². The Morgan fingerprint density at radius 1 is 0.941 bits per heavy atom. The molecule has 0 bridgehead atoms. The van der Waals surface area contributed by atoms with E-state index in [-0.39, 0.29) is 11.8 Å². The van der Waals surface area contributed by atoms with Crippen molar-refractivity contribution in [2.75, 3.05) is 0 Å². The van der Waals surface area contributed by atoms with Gasteiger partial charge in [0.05, 0.1) is 12.2 Å². The number of rotatable bonds is 3. The second-order valence-corrected chi connectivity index (χ2v) is 5.38. The van der Waals surface area contributed by atoms with Crippen LogP contribution in [0.25, 0.3) is 0 Å². The predicted octanol–water partition coefficient (Wildman–Crippen LogP) is 1.88. The van der Waals surface area contributed by atoms with E-state index in [1.165, 1.54) is 32.1 Å². The van der Waals surface area contributed by atoms with Gasteiger partial charge in [0.1, 0.15) is 0 Å². The summed E-state index contributed by atoms with van der Waals surface area (Å²) in [6, 6.07) is 0. The molecule has 3 N–H and O–H groups in total. The molecule has 2 aliphatic rings. The van der Waals surface area contributed by atoms with Gasteiger partial charge in [0.2, 0.25) is 5.91 Å². The molecule has 2 aliphatic carbocycles. The van der Waals surface area contributed by atoms with Gasteiger partial charge < -0.3 is 4.74 Å². The zero-order valence-corrected chi connectivity index (χ0v) is 10.5. The third-order valence-corrected chi connectivity index (χ3v) is 4.12. The summed E-state index contributed by atoms with van der Waals surface area (Å²) in [7, 11) is 0. The first-order valence-corrected chi connectivity index (χ1v) is 6.95. The lowest BCUT2D eigenvalue weighted by atomic mass is 9.86. The number of hydrogen-bond acceptors (Lipinski definition) is 3. The van der Waals surface area contributed by atoms with E-state index in [2.05, 4.69) is 5.43 Å². The quantitative estimate of drug-likeness (QED) is 0.450. The Morgan fingerprint density at radius 3 is 2.12 bits per heavy atom. The summed E-state index contributed by atoms with van der Waals surface area (Å²) < 4.78 is 6.13. The highest BCUT2D eigenvalue weighted by Gasteiger charge is 2.28. The van der Waals surface area contributed by atoms with E-state index in [0.717, 1.165) is 25.7 Å². The number of ether oxygens (including phenoxy) is 1. The van der Waals surface area contributed by atoms with Gasteiger partial charge in [0, 0.05) is 5.92 Å². The molecule has 0 heterocycles. The van der Waals surface area contributed by atoms with Crippen LogP contribution in [0.15, 0.2) is 0 Å². The molecule has 2 fully saturated rings. The molecule has 0 aromatic carbocycles. The van der Waals surface area contributed by atoms with Gasteiger partial charge in [0.15, 0.2) is 0 Å². The van der Waals surface area contributed by atoms with E-state index in [1.807, 2.05) is 0 Å². The van der Waals surface area contributed by atoms with Crippen molar-refractivity contribution in [2.45, 2.75) is 70.0 Å². The summed E-state index contributed by atoms with van der Waals surface area (Å²) in [6.45, 7) is 0. The molecular formula is C13H24N2O2. The highest BCUT2D eigenvalue weighted by molar-refractivity contribution is 5.77. The topological polar surface area (TPSA) is 64.3 Å². The fraction of sp³-hybridized carbons (Fsp3) is 0.923. The molecule has 0 saturated heterocycles. The van der Waals surface area contributed by atoms with Gasteiger partial charge in [0.25, 0.3) is 0 Å². The van der Waals surface area contributed by atoms with Crippen LogP contribution in [-0.4, -0.2) is 18.1 Å². The molecule has 0 aromatic rings. The zero-order valence-electron chi connectivity index (χ0n) is 10.5. The molecule has 2 rings (SSSR count). The monoisotopic (exact) mass is 240 g/mol. The van der Waals surface area contributed by atoms with Crippen LogP contribution in [0.1, 0.15) is 57.8 Å². The van der Waals surface area contributed by atoms with Crippen molar-refractivity contribution in [3.8, 4) is 0 Å². The van der Waals surface area contributed by atoms with E-state index >= 15 is 0 Å².